The number of aromatic nitrogens is 4. The minimum Gasteiger partial charge on any atom is -0.756 e. The topological polar surface area (TPSA) is 326 Å². The Morgan fingerprint density at radius 2 is 1.71 bits per heavy atom. The minimum absolute atomic E-state index is 0.133. The number of hydrogen-bond donors (Lipinski definition) is 7. The molecular weight excluding hydrogens is 616 g/mol. The van der Waals surface area contributed by atoms with Crippen molar-refractivity contribution in [1.29, 1.82) is 0 Å². The van der Waals surface area contributed by atoms with E-state index < -0.39 is 89.7 Å². The van der Waals surface area contributed by atoms with Crippen molar-refractivity contribution >= 4 is 32.8 Å². The molecule has 0 aliphatic carbocycles. The van der Waals surface area contributed by atoms with Gasteiger partial charge in [-0.25, -0.2) is 9.29 Å². The van der Waals surface area contributed by atoms with Gasteiger partial charge in [-0.3, -0.25) is 28.0 Å². The number of nitrogens with one attached hydrogen (secondary N) is 1. The molecule has 0 saturated carbocycles. The number of fused-ring (bicyclic) bond motifs is 1. The number of phosphoric acid groups is 2. The van der Waals surface area contributed by atoms with Crippen LogP contribution >= 0.6 is 15.6 Å². The Hall–Kier alpha value is -2.35. The first-order chi connectivity index (χ1) is 19.6. The first-order valence-corrected chi connectivity index (χ1v) is 14.7. The molecule has 8 N–H and O–H groups in total. The van der Waals surface area contributed by atoms with Gasteiger partial charge in [-0.15, -0.1) is 6.42 Å². The van der Waals surface area contributed by atoms with Crippen molar-refractivity contribution in [2.75, 3.05) is 25.6 Å². The first kappa shape index (κ1) is 32.6. The maximum atomic E-state index is 12.3. The van der Waals surface area contributed by atoms with Gasteiger partial charge in [-0.1, -0.05) is 5.92 Å². The summed E-state index contributed by atoms with van der Waals surface area (Å²) in [6.07, 6.45) is -10.2. The lowest BCUT2D eigenvalue weighted by Crippen LogP contribution is -2.59. The maximum absolute atomic E-state index is 12.3. The molecule has 0 bridgehead atoms. The SMILES string of the molecule is C#CCOC[C@@H]1OC(OP(=O)([O-])OP(=O)([O-])OC[C@H]2O[C@@H](n3cnc4c(=O)[nH]c(N)nc43)C(O)[C@H]2O)[C@@H](O)[C@H](O)[C@@H]1O. The fraction of sp³-hybridized carbons (Fsp3) is 0.632. The zero-order valence-electron chi connectivity index (χ0n) is 21.0. The van der Waals surface area contributed by atoms with E-state index in [9.17, 15) is 49.2 Å². The number of terminal acetylenes is 1. The molecule has 2 fully saturated rings. The van der Waals surface area contributed by atoms with Crippen molar-refractivity contribution in [3.05, 3.63) is 16.7 Å². The molecule has 0 radical (unpaired) electrons. The predicted octanol–water partition coefficient (Wildman–Crippen LogP) is -5.23. The van der Waals surface area contributed by atoms with Crippen LogP contribution in [-0.4, -0.2) is 114 Å². The molecule has 4 unspecified atom stereocenters. The van der Waals surface area contributed by atoms with Gasteiger partial charge < -0.3 is 59.8 Å². The number of rotatable bonds is 11. The van der Waals surface area contributed by atoms with Crippen LogP contribution in [0.1, 0.15) is 6.23 Å². The summed E-state index contributed by atoms with van der Waals surface area (Å²) in [5.74, 6) is 1.82. The predicted molar refractivity (Wildman–Crippen MR) is 128 cm³/mol. The van der Waals surface area contributed by atoms with Gasteiger partial charge in [0.15, 0.2) is 23.7 Å². The molecule has 23 heteroatoms. The number of aliphatic hydroxyl groups excluding tert-OH is 5. The molecule has 4 heterocycles. The summed E-state index contributed by atoms with van der Waals surface area (Å²) in [6.45, 7) is -1.79. The Morgan fingerprint density at radius 1 is 1.05 bits per heavy atom. The van der Waals surface area contributed by atoms with Gasteiger partial charge in [0, 0.05) is 0 Å². The van der Waals surface area contributed by atoms with Gasteiger partial charge >= 0.3 is 0 Å². The Bertz CT molecular complexity index is 1460. The van der Waals surface area contributed by atoms with Gasteiger partial charge in [-0.05, 0) is 0 Å². The van der Waals surface area contributed by atoms with Gasteiger partial charge in [0.1, 0.15) is 49.3 Å². The van der Waals surface area contributed by atoms with E-state index in [4.69, 9.17) is 26.4 Å². The fourth-order valence-corrected chi connectivity index (χ4v) is 6.14. The number of hydrogen-bond acceptors (Lipinski definition) is 19. The number of nitrogens with zero attached hydrogens (tertiary/aromatic N) is 3. The lowest BCUT2D eigenvalue weighted by Gasteiger charge is -2.42. The molecule has 11 atom stereocenters. The van der Waals surface area contributed by atoms with Crippen molar-refractivity contribution in [2.45, 2.75) is 55.2 Å². The average Bonchev–Trinajstić information content (AvgIpc) is 3.44. The molecule has 4 rings (SSSR count). The number of nitrogen functional groups attached to an aromatic ring is 1. The van der Waals surface area contributed by atoms with Crippen molar-refractivity contribution in [2.24, 2.45) is 0 Å². The van der Waals surface area contributed by atoms with Crippen molar-refractivity contribution in [1.82, 2.24) is 19.5 Å². The second-order valence-corrected chi connectivity index (χ2v) is 11.8. The molecule has 2 aromatic rings. The zero-order chi connectivity index (χ0) is 31.0. The third-order valence-corrected chi connectivity index (χ3v) is 8.56. The number of imidazole rings is 1. The van der Waals surface area contributed by atoms with E-state index in [-0.39, 0.29) is 23.7 Å². The van der Waals surface area contributed by atoms with Crippen LogP contribution < -0.4 is 21.1 Å². The molecule has 0 amide bonds. The van der Waals surface area contributed by atoms with E-state index in [1.165, 1.54) is 0 Å². The average molecular weight is 641 g/mol. The highest BCUT2D eigenvalue weighted by molar-refractivity contribution is 7.59. The number of H-pyrrole nitrogens is 1. The lowest BCUT2D eigenvalue weighted by molar-refractivity contribution is -0.306. The number of phosphoric ester groups is 2. The van der Waals surface area contributed by atoms with Crippen LogP contribution in [0.3, 0.4) is 0 Å². The van der Waals surface area contributed by atoms with Crippen LogP contribution in [0.5, 0.6) is 0 Å². The van der Waals surface area contributed by atoms with Crippen molar-refractivity contribution in [3.63, 3.8) is 0 Å². The highest BCUT2D eigenvalue weighted by Crippen LogP contribution is 2.57. The monoisotopic (exact) mass is 641 g/mol. The summed E-state index contributed by atoms with van der Waals surface area (Å²) in [7, 11) is -11.7. The van der Waals surface area contributed by atoms with E-state index in [2.05, 4.69) is 34.2 Å². The lowest BCUT2D eigenvalue weighted by atomic mass is 9.99. The van der Waals surface area contributed by atoms with Crippen LogP contribution in [0.2, 0.25) is 0 Å². The molecule has 2 saturated heterocycles. The molecule has 2 aliphatic heterocycles. The largest absolute Gasteiger partial charge is 0.756 e. The van der Waals surface area contributed by atoms with Crippen LogP contribution in [0.4, 0.5) is 5.95 Å². The first-order valence-electron chi connectivity index (χ1n) is 11.8. The number of aliphatic hydroxyl groups is 5. The molecule has 234 valence electrons. The van der Waals surface area contributed by atoms with Gasteiger partial charge in [-0.2, -0.15) is 4.98 Å². The molecule has 21 nitrogen and oxygen atoms in total. The summed E-state index contributed by atoms with van der Waals surface area (Å²) in [5, 5.41) is 50.8. The molecule has 0 spiro atoms. The quantitative estimate of drug-likeness (QED) is 0.0684. The Morgan fingerprint density at radius 3 is 2.40 bits per heavy atom. The second-order valence-electron chi connectivity index (χ2n) is 8.93. The fourth-order valence-electron chi connectivity index (χ4n) is 4.06. The second kappa shape index (κ2) is 12.7. The van der Waals surface area contributed by atoms with Crippen LogP contribution in [-0.2, 0) is 36.7 Å². The molecule has 2 aliphatic rings. The van der Waals surface area contributed by atoms with Crippen LogP contribution in [0.25, 0.3) is 11.2 Å². The van der Waals surface area contributed by atoms with E-state index in [1.54, 1.807) is 0 Å². The van der Waals surface area contributed by atoms with E-state index in [1.807, 2.05) is 0 Å². The summed E-state index contributed by atoms with van der Waals surface area (Å²) in [5.41, 5.74) is 4.50. The van der Waals surface area contributed by atoms with Gasteiger partial charge in [0.25, 0.3) is 21.2 Å². The highest BCUT2D eigenvalue weighted by atomic mass is 31.3. The van der Waals surface area contributed by atoms with E-state index in [0.717, 1.165) is 10.9 Å². The van der Waals surface area contributed by atoms with E-state index >= 15 is 0 Å². The maximum Gasteiger partial charge on any atom is 0.280 e. The Kier molecular flexibility index (Phi) is 9.86. The molecule has 2 aromatic heterocycles. The highest BCUT2D eigenvalue weighted by Gasteiger charge is 2.47. The summed E-state index contributed by atoms with van der Waals surface area (Å²) < 4.78 is 53.9. The number of anilines is 1. The molecule has 0 aromatic carbocycles. The number of aromatic amines is 1. The summed E-state index contributed by atoms with van der Waals surface area (Å²) in [4.78, 5) is 46.4. The standard InChI is InChI=1S/C19H27N5O16P2/c1-2-3-35-4-7-10(25)12(27)14(29)18(38-7)39-42(33,34)40-41(31,32)36-5-8-11(26)13(28)17(37-8)24-6-21-9-15(24)22-19(20)23-16(9)30/h1,6-8,10-14,17-18,25-29H,3-5H2,(H,31,32)(H,33,34)(H3,20,22,23,30)/p-2/t7-,8+,10+,11-,12+,13?,14-,17+,18?/m0/s1. The van der Waals surface area contributed by atoms with Crippen LogP contribution in [0.15, 0.2) is 11.1 Å². The zero-order valence-corrected chi connectivity index (χ0v) is 22.8. The number of ether oxygens (including phenoxy) is 3. The summed E-state index contributed by atoms with van der Waals surface area (Å²) in [6, 6.07) is 0. The third-order valence-electron chi connectivity index (χ3n) is 6.03. The van der Waals surface area contributed by atoms with Crippen LogP contribution in [0, 0.1) is 12.3 Å². The van der Waals surface area contributed by atoms with Crippen molar-refractivity contribution in [3.8, 4) is 12.3 Å². The molecule has 42 heavy (non-hydrogen) atoms. The van der Waals surface area contributed by atoms with Gasteiger partial charge in [0.05, 0.1) is 19.5 Å². The van der Waals surface area contributed by atoms with E-state index in [0.29, 0.717) is 0 Å². The van der Waals surface area contributed by atoms with Crippen molar-refractivity contribution < 1.29 is 72.0 Å². The Balaban J connectivity index is 1.38. The third kappa shape index (κ3) is 7.06. The van der Waals surface area contributed by atoms with Gasteiger partial charge in [0.2, 0.25) is 5.95 Å². The summed E-state index contributed by atoms with van der Waals surface area (Å²) >= 11 is 0. The minimum atomic E-state index is -5.92. The molecular formula is C19H25N5O16P2-2. The smallest absolute Gasteiger partial charge is 0.280 e. The Labute approximate surface area is 234 Å². The number of nitrogens with two attached hydrogens (primary N) is 1. The normalized spacial score (nSPS) is 34.6.